The van der Waals surface area contributed by atoms with Gasteiger partial charge in [0.1, 0.15) is 5.25 Å². The van der Waals surface area contributed by atoms with Crippen molar-refractivity contribution in [3.05, 3.63) is 23.8 Å². The Kier molecular flexibility index (Phi) is 4.33. The van der Waals surface area contributed by atoms with E-state index in [1.807, 2.05) is 5.32 Å². The van der Waals surface area contributed by atoms with E-state index in [1.165, 1.54) is 6.07 Å². The topological polar surface area (TPSA) is 89.3 Å². The maximum absolute atomic E-state index is 12.8. The minimum Gasteiger partial charge on any atom is -0.399 e. The van der Waals surface area contributed by atoms with E-state index in [2.05, 4.69) is 0 Å². The van der Waals surface area contributed by atoms with Crippen LogP contribution in [0.5, 0.6) is 0 Å². The Morgan fingerprint density at radius 1 is 1.35 bits per heavy atom. The predicted molar refractivity (Wildman–Crippen MR) is 68.8 cm³/mol. The Morgan fingerprint density at radius 2 is 1.90 bits per heavy atom. The van der Waals surface area contributed by atoms with E-state index < -0.39 is 38.4 Å². The second-order valence-electron chi connectivity index (χ2n) is 4.26. The molecule has 1 atom stereocenters. The van der Waals surface area contributed by atoms with Crippen LogP contribution in [0.4, 0.5) is 24.5 Å². The summed E-state index contributed by atoms with van der Waals surface area (Å²) in [6.07, 6.45) is -3.89. The number of carbonyl (C=O) groups excluding carboxylic acids is 1. The molecule has 3 N–H and O–H groups in total. The van der Waals surface area contributed by atoms with E-state index in [9.17, 15) is 26.4 Å². The molecule has 112 valence electrons. The molecule has 0 spiro atoms. The quantitative estimate of drug-likeness (QED) is 0.831. The molecule has 0 aromatic heterocycles. The van der Waals surface area contributed by atoms with E-state index in [4.69, 9.17) is 5.73 Å². The average molecular weight is 310 g/mol. The standard InChI is InChI=1S/C11H13F3N2O3S/c1-6(20(2,18)19)10(17)16-9-4-3-7(15)5-8(9)11(12,13)14/h3-6H,15H2,1-2H3,(H,16,17). The summed E-state index contributed by atoms with van der Waals surface area (Å²) in [5.74, 6) is -1.04. The van der Waals surface area contributed by atoms with Gasteiger partial charge in [-0.05, 0) is 25.1 Å². The van der Waals surface area contributed by atoms with Crippen molar-refractivity contribution in [1.29, 1.82) is 0 Å². The fourth-order valence-electron chi connectivity index (χ4n) is 1.33. The second-order valence-corrected chi connectivity index (χ2v) is 6.63. The summed E-state index contributed by atoms with van der Waals surface area (Å²) in [7, 11) is -3.70. The number of nitrogen functional groups attached to an aromatic ring is 1. The molecule has 0 aliphatic heterocycles. The van der Waals surface area contributed by atoms with Gasteiger partial charge < -0.3 is 11.1 Å². The number of alkyl halides is 3. The van der Waals surface area contributed by atoms with Gasteiger partial charge in [0.25, 0.3) is 0 Å². The summed E-state index contributed by atoms with van der Waals surface area (Å²) in [5, 5.41) is 0.500. The van der Waals surface area contributed by atoms with Crippen LogP contribution in [-0.2, 0) is 20.8 Å². The normalized spacial score (nSPS) is 13.8. The summed E-state index contributed by atoms with van der Waals surface area (Å²) >= 11 is 0. The first kappa shape index (κ1) is 16.3. The summed E-state index contributed by atoms with van der Waals surface area (Å²) in [5.41, 5.74) is 3.49. The monoisotopic (exact) mass is 310 g/mol. The molecule has 1 rings (SSSR count). The lowest BCUT2D eigenvalue weighted by molar-refractivity contribution is -0.136. The lowest BCUT2D eigenvalue weighted by Crippen LogP contribution is -2.32. The highest BCUT2D eigenvalue weighted by molar-refractivity contribution is 7.92. The lowest BCUT2D eigenvalue weighted by Gasteiger charge is -2.16. The molecule has 0 bridgehead atoms. The lowest BCUT2D eigenvalue weighted by atomic mass is 10.1. The molecule has 0 saturated heterocycles. The molecule has 0 saturated carbocycles. The van der Waals surface area contributed by atoms with E-state index >= 15 is 0 Å². The van der Waals surface area contributed by atoms with Crippen molar-refractivity contribution in [1.82, 2.24) is 0 Å². The van der Waals surface area contributed by atoms with Crippen LogP contribution in [0, 0.1) is 0 Å². The van der Waals surface area contributed by atoms with Gasteiger partial charge in [-0.25, -0.2) is 8.42 Å². The van der Waals surface area contributed by atoms with Gasteiger partial charge in [0, 0.05) is 11.9 Å². The van der Waals surface area contributed by atoms with Crippen LogP contribution in [0.15, 0.2) is 18.2 Å². The second kappa shape index (κ2) is 5.31. The highest BCUT2D eigenvalue weighted by Crippen LogP contribution is 2.36. The van der Waals surface area contributed by atoms with Gasteiger partial charge in [-0.3, -0.25) is 4.79 Å². The maximum atomic E-state index is 12.8. The molecule has 1 aromatic rings. The highest BCUT2D eigenvalue weighted by Gasteiger charge is 2.35. The van der Waals surface area contributed by atoms with E-state index in [0.717, 1.165) is 19.2 Å². The molecule has 1 aromatic carbocycles. The molecule has 0 heterocycles. The van der Waals surface area contributed by atoms with E-state index in [0.29, 0.717) is 6.07 Å². The number of hydrogen-bond donors (Lipinski definition) is 2. The van der Waals surface area contributed by atoms with Crippen LogP contribution in [0.1, 0.15) is 12.5 Å². The van der Waals surface area contributed by atoms with E-state index in [1.54, 1.807) is 0 Å². The van der Waals surface area contributed by atoms with E-state index in [-0.39, 0.29) is 5.69 Å². The number of nitrogens with two attached hydrogens (primary N) is 1. The number of halogens is 3. The first-order valence-electron chi connectivity index (χ1n) is 5.39. The number of nitrogens with one attached hydrogen (secondary N) is 1. The third-order valence-corrected chi connectivity index (χ3v) is 4.12. The first-order chi connectivity index (χ1) is 8.93. The van der Waals surface area contributed by atoms with Crippen LogP contribution in [0.2, 0.25) is 0 Å². The maximum Gasteiger partial charge on any atom is 0.418 e. The van der Waals surface area contributed by atoms with Crippen molar-refractivity contribution in [2.45, 2.75) is 18.3 Å². The van der Waals surface area contributed by atoms with Crippen molar-refractivity contribution in [2.75, 3.05) is 17.3 Å². The molecule has 0 aliphatic rings. The van der Waals surface area contributed by atoms with Crippen molar-refractivity contribution in [3.8, 4) is 0 Å². The zero-order chi connectivity index (χ0) is 15.7. The molecule has 0 radical (unpaired) electrons. The third kappa shape index (κ3) is 3.86. The van der Waals surface area contributed by atoms with Crippen molar-refractivity contribution >= 4 is 27.1 Å². The Hall–Kier alpha value is -1.77. The van der Waals surface area contributed by atoms with Crippen LogP contribution in [-0.4, -0.2) is 25.8 Å². The number of hydrogen-bond acceptors (Lipinski definition) is 4. The van der Waals surface area contributed by atoms with Crippen LogP contribution >= 0.6 is 0 Å². The van der Waals surface area contributed by atoms with Crippen LogP contribution in [0.3, 0.4) is 0 Å². The first-order valence-corrected chi connectivity index (χ1v) is 7.35. The molecule has 9 heteroatoms. The van der Waals surface area contributed by atoms with Crippen molar-refractivity contribution in [2.24, 2.45) is 0 Å². The smallest absolute Gasteiger partial charge is 0.399 e. The van der Waals surface area contributed by atoms with Gasteiger partial charge in [0.05, 0.1) is 11.3 Å². The fraction of sp³-hybridized carbons (Fsp3) is 0.364. The molecule has 5 nitrogen and oxygen atoms in total. The number of sulfone groups is 1. The minimum absolute atomic E-state index is 0.119. The fourth-order valence-corrected chi connectivity index (χ4v) is 1.78. The third-order valence-electron chi connectivity index (χ3n) is 2.62. The van der Waals surface area contributed by atoms with Crippen LogP contribution in [0.25, 0.3) is 0 Å². The van der Waals surface area contributed by atoms with Gasteiger partial charge in [-0.15, -0.1) is 0 Å². The zero-order valence-electron chi connectivity index (χ0n) is 10.7. The molecular weight excluding hydrogens is 297 g/mol. The number of carbonyl (C=O) groups is 1. The number of benzene rings is 1. The SMILES string of the molecule is CC(C(=O)Nc1ccc(N)cc1C(F)(F)F)S(C)(=O)=O. The Morgan fingerprint density at radius 3 is 2.35 bits per heavy atom. The Labute approximate surface area is 113 Å². The predicted octanol–water partition coefficient (Wildman–Crippen LogP) is 1.66. The number of rotatable bonds is 3. The van der Waals surface area contributed by atoms with Gasteiger partial charge in [0.2, 0.25) is 5.91 Å². The van der Waals surface area contributed by atoms with Crippen molar-refractivity contribution < 1.29 is 26.4 Å². The summed E-state index contributed by atoms with van der Waals surface area (Å²) in [4.78, 5) is 11.6. The molecule has 1 amide bonds. The largest absolute Gasteiger partial charge is 0.418 e. The van der Waals surface area contributed by atoms with Crippen molar-refractivity contribution in [3.63, 3.8) is 0 Å². The highest BCUT2D eigenvalue weighted by atomic mass is 32.2. The van der Waals surface area contributed by atoms with Gasteiger partial charge in [-0.2, -0.15) is 13.2 Å². The number of amides is 1. The number of anilines is 2. The molecular formula is C11H13F3N2O3S. The van der Waals surface area contributed by atoms with Crippen LogP contribution < -0.4 is 11.1 Å². The van der Waals surface area contributed by atoms with Gasteiger partial charge in [-0.1, -0.05) is 0 Å². The Bertz CT molecular complexity index is 626. The Balaban J connectivity index is 3.14. The molecule has 1 unspecified atom stereocenters. The minimum atomic E-state index is -4.72. The zero-order valence-corrected chi connectivity index (χ0v) is 11.5. The molecule has 0 aliphatic carbocycles. The molecule has 20 heavy (non-hydrogen) atoms. The molecule has 0 fully saturated rings. The van der Waals surface area contributed by atoms with Gasteiger partial charge >= 0.3 is 6.18 Å². The van der Waals surface area contributed by atoms with Gasteiger partial charge in [0.15, 0.2) is 9.84 Å². The average Bonchev–Trinajstić information content (AvgIpc) is 2.27. The summed E-state index contributed by atoms with van der Waals surface area (Å²) in [6, 6.07) is 2.82. The summed E-state index contributed by atoms with van der Waals surface area (Å²) in [6.45, 7) is 1.09. The summed E-state index contributed by atoms with van der Waals surface area (Å²) < 4.78 is 60.8.